The lowest BCUT2D eigenvalue weighted by Gasteiger charge is -2.46. The number of hydrogen-bond donors (Lipinski definition) is 0. The third-order valence-electron chi connectivity index (χ3n) is 15.2. The first kappa shape index (κ1) is 39.0. The Morgan fingerprint density at radius 3 is 1.86 bits per heavy atom. The van der Waals surface area contributed by atoms with E-state index in [-0.39, 0.29) is 6.71 Å². The van der Waals surface area contributed by atoms with Crippen molar-refractivity contribution in [1.82, 2.24) is 0 Å². The molecule has 0 bridgehead atoms. The number of anilines is 9. The highest BCUT2D eigenvalue weighted by molar-refractivity contribution is 7.26. The van der Waals surface area contributed by atoms with E-state index in [1.165, 1.54) is 69.4 Å². The van der Waals surface area contributed by atoms with E-state index in [4.69, 9.17) is 4.42 Å². The molecule has 4 nitrogen and oxygen atoms in total. The molecular weight excluding hydrogens is 874 g/mol. The van der Waals surface area contributed by atoms with Crippen molar-refractivity contribution in [3.8, 4) is 11.1 Å². The number of furan rings is 1. The number of hydrogen-bond acceptors (Lipinski definition) is 5. The summed E-state index contributed by atoms with van der Waals surface area (Å²) < 4.78 is 9.32. The Morgan fingerprint density at radius 2 is 1.09 bits per heavy atom. The van der Waals surface area contributed by atoms with Gasteiger partial charge in [0, 0.05) is 65.2 Å². The summed E-state index contributed by atoms with van der Waals surface area (Å²) in [6.45, 7) is 4.97. The van der Waals surface area contributed by atoms with Gasteiger partial charge in [-0.1, -0.05) is 153 Å². The minimum atomic E-state index is -2.09. The van der Waals surface area contributed by atoms with Gasteiger partial charge >= 0.3 is 0 Å². The third-order valence-corrected chi connectivity index (χ3v) is 19.9. The predicted molar refractivity (Wildman–Crippen MR) is 298 cm³/mol. The zero-order chi connectivity index (χ0) is 45.5. The fourth-order valence-corrected chi connectivity index (χ4v) is 16.5. The molecule has 12 aromatic rings. The SMILES string of the molecule is C[Si]1(C)c2ccccc2-c2c1ccc1c2N(c2ccccc2)c2cc(N(c3ccccc3)c3cccc4sc5ccccc5c34)cc3c2B1c1ccc2oc4ccccc4c2c1N3c1ccccc1. The number of rotatable bonds is 5. The summed E-state index contributed by atoms with van der Waals surface area (Å²) in [7, 11) is -2.09. The van der Waals surface area contributed by atoms with Crippen LogP contribution < -0.4 is 41.5 Å². The minimum absolute atomic E-state index is 0.0932. The number of thiophene rings is 1. The van der Waals surface area contributed by atoms with Gasteiger partial charge in [-0.15, -0.1) is 11.3 Å². The molecular formula is C62H42BN3OSSi. The van der Waals surface area contributed by atoms with Crippen molar-refractivity contribution >= 4 is 146 Å². The second kappa shape index (κ2) is 14.5. The van der Waals surface area contributed by atoms with Gasteiger partial charge in [-0.05, 0) is 111 Å². The van der Waals surface area contributed by atoms with Gasteiger partial charge in [-0.2, -0.15) is 0 Å². The summed E-state index contributed by atoms with van der Waals surface area (Å²) in [5.41, 5.74) is 18.7. The second-order valence-corrected chi connectivity index (χ2v) is 24.6. The molecule has 0 spiro atoms. The quantitative estimate of drug-likeness (QED) is 0.161. The molecule has 69 heavy (non-hydrogen) atoms. The van der Waals surface area contributed by atoms with Crippen LogP contribution in [-0.2, 0) is 0 Å². The van der Waals surface area contributed by atoms with Gasteiger partial charge in [0.2, 0.25) is 0 Å². The van der Waals surface area contributed by atoms with Crippen molar-refractivity contribution in [3.05, 3.63) is 218 Å². The molecule has 5 heterocycles. The highest BCUT2D eigenvalue weighted by atomic mass is 32.1. The third kappa shape index (κ3) is 5.40. The lowest BCUT2D eigenvalue weighted by atomic mass is 9.33. The van der Waals surface area contributed by atoms with E-state index in [2.05, 4.69) is 246 Å². The highest BCUT2D eigenvalue weighted by Crippen LogP contribution is 2.53. The normalized spacial score (nSPS) is 14.0. The predicted octanol–water partition coefficient (Wildman–Crippen LogP) is 14.3. The highest BCUT2D eigenvalue weighted by Gasteiger charge is 2.48. The van der Waals surface area contributed by atoms with Crippen molar-refractivity contribution < 1.29 is 4.42 Å². The van der Waals surface area contributed by atoms with E-state index in [1.54, 1.807) is 0 Å². The summed E-state index contributed by atoms with van der Waals surface area (Å²) in [5, 5.41) is 7.76. The van der Waals surface area contributed by atoms with Crippen LogP contribution in [0.3, 0.4) is 0 Å². The molecule has 10 aromatic carbocycles. The smallest absolute Gasteiger partial charge is 0.252 e. The number of nitrogens with zero attached hydrogens (tertiary/aromatic N) is 3. The lowest BCUT2D eigenvalue weighted by molar-refractivity contribution is 0.669. The van der Waals surface area contributed by atoms with Gasteiger partial charge in [0.1, 0.15) is 19.2 Å². The average molecular weight is 916 g/mol. The van der Waals surface area contributed by atoms with Crippen LogP contribution in [0, 0.1) is 0 Å². The largest absolute Gasteiger partial charge is 0.456 e. The van der Waals surface area contributed by atoms with Crippen LogP contribution >= 0.6 is 11.3 Å². The molecule has 15 rings (SSSR count). The van der Waals surface area contributed by atoms with Crippen LogP contribution in [-0.4, -0.2) is 14.8 Å². The molecule has 0 saturated carbocycles. The zero-order valence-electron chi connectivity index (χ0n) is 38.0. The number of para-hydroxylation sites is 4. The van der Waals surface area contributed by atoms with Crippen LogP contribution in [0.4, 0.5) is 51.2 Å². The van der Waals surface area contributed by atoms with Crippen LogP contribution in [0.15, 0.2) is 223 Å². The maximum atomic E-state index is 6.77. The molecule has 0 radical (unpaired) electrons. The molecule has 3 aliphatic heterocycles. The standard InChI is InChI=1S/C62H42BN3OSSi/c1-69(2)55-32-17-14-27-45(55)59-56(69)36-34-47-62(59)66(41-23-10-5-11-24-41)50-38-42(64(39-19-6-3-7-20-39)48-28-18-31-54-57(48)44-26-13-16-30-53(44)68-54)37-49-60(50)63(47)46-33-35-52-58(43-25-12-15-29-51(43)67-52)61(46)65(49)40-21-8-4-9-22-40/h3-38H,1-2H3. The maximum Gasteiger partial charge on any atom is 0.252 e. The molecule has 0 saturated heterocycles. The van der Waals surface area contributed by atoms with Crippen LogP contribution in [0.25, 0.3) is 53.2 Å². The molecule has 324 valence electrons. The Bertz CT molecular complexity index is 4090. The first-order chi connectivity index (χ1) is 34.0. The molecule has 7 heteroatoms. The second-order valence-electron chi connectivity index (χ2n) is 19.2. The molecule has 0 unspecified atom stereocenters. The van der Waals surface area contributed by atoms with Crippen LogP contribution in [0.5, 0.6) is 0 Å². The minimum Gasteiger partial charge on any atom is -0.456 e. The van der Waals surface area contributed by atoms with Crippen molar-refractivity contribution in [2.45, 2.75) is 13.1 Å². The van der Waals surface area contributed by atoms with Crippen LogP contribution in [0.1, 0.15) is 0 Å². The Hall–Kier alpha value is -8.10. The molecule has 0 fully saturated rings. The maximum absolute atomic E-state index is 6.77. The van der Waals surface area contributed by atoms with E-state index >= 15 is 0 Å². The molecule has 0 amide bonds. The molecule has 0 N–H and O–H groups in total. The van der Waals surface area contributed by atoms with Gasteiger partial charge in [-0.3, -0.25) is 0 Å². The summed E-state index contributed by atoms with van der Waals surface area (Å²) >= 11 is 1.86. The lowest BCUT2D eigenvalue weighted by Crippen LogP contribution is -2.62. The monoisotopic (exact) mass is 915 g/mol. The van der Waals surface area contributed by atoms with E-state index in [0.717, 1.165) is 61.8 Å². The summed E-state index contributed by atoms with van der Waals surface area (Å²) in [6.07, 6.45) is 0. The van der Waals surface area contributed by atoms with Crippen molar-refractivity contribution in [2.75, 3.05) is 14.7 Å². The Labute approximate surface area is 405 Å². The number of fused-ring (bicyclic) bond motifs is 15. The Kier molecular flexibility index (Phi) is 8.16. The van der Waals surface area contributed by atoms with E-state index in [1.807, 2.05) is 11.3 Å². The summed E-state index contributed by atoms with van der Waals surface area (Å²) in [5.74, 6) is 0. The van der Waals surface area contributed by atoms with Gasteiger partial charge < -0.3 is 19.1 Å². The molecule has 0 aliphatic carbocycles. The summed E-state index contributed by atoms with van der Waals surface area (Å²) in [4.78, 5) is 7.69. The van der Waals surface area contributed by atoms with Gasteiger partial charge in [0.25, 0.3) is 6.71 Å². The van der Waals surface area contributed by atoms with Gasteiger partial charge in [0.05, 0.1) is 22.4 Å². The Balaban J connectivity index is 1.14. The van der Waals surface area contributed by atoms with Crippen molar-refractivity contribution in [1.29, 1.82) is 0 Å². The summed E-state index contributed by atoms with van der Waals surface area (Å²) in [6, 6.07) is 81.1. The fraction of sp³-hybridized carbons (Fsp3) is 0.0323. The average Bonchev–Trinajstić information content (AvgIpc) is 4.05. The number of benzene rings is 10. The molecule has 3 aliphatic rings. The fourth-order valence-electron chi connectivity index (χ4n) is 12.3. The van der Waals surface area contributed by atoms with E-state index in [0.29, 0.717) is 0 Å². The molecule has 2 aromatic heterocycles. The topological polar surface area (TPSA) is 22.9 Å². The molecule has 0 atom stereocenters. The van der Waals surface area contributed by atoms with Crippen LogP contribution in [0.2, 0.25) is 13.1 Å². The Morgan fingerprint density at radius 1 is 0.478 bits per heavy atom. The van der Waals surface area contributed by atoms with Gasteiger partial charge in [0.15, 0.2) is 0 Å². The first-order valence-corrected chi connectivity index (χ1v) is 27.7. The van der Waals surface area contributed by atoms with Crippen molar-refractivity contribution in [3.63, 3.8) is 0 Å². The van der Waals surface area contributed by atoms with E-state index in [9.17, 15) is 0 Å². The van der Waals surface area contributed by atoms with Crippen molar-refractivity contribution in [2.24, 2.45) is 0 Å². The van der Waals surface area contributed by atoms with Gasteiger partial charge in [-0.25, -0.2) is 0 Å². The first-order valence-electron chi connectivity index (χ1n) is 23.9. The zero-order valence-corrected chi connectivity index (χ0v) is 39.8. The van der Waals surface area contributed by atoms with E-state index < -0.39 is 8.07 Å².